The monoisotopic (exact) mass is 286 g/mol. The summed E-state index contributed by atoms with van der Waals surface area (Å²) in [6.45, 7) is 1.55. The molecule has 0 aliphatic carbocycles. The summed E-state index contributed by atoms with van der Waals surface area (Å²) in [7, 11) is 0. The number of isothiocyanates is 1. The van der Waals surface area contributed by atoms with Gasteiger partial charge in [-0.2, -0.15) is 4.99 Å². The van der Waals surface area contributed by atoms with Crippen molar-refractivity contribution in [3.63, 3.8) is 0 Å². The van der Waals surface area contributed by atoms with E-state index in [2.05, 4.69) is 38.0 Å². The van der Waals surface area contributed by atoms with E-state index in [1.807, 2.05) is 0 Å². The standard InChI is InChI=1S/C10H8Cl2N4S/c11-7-3-6(15-5-17)4-8(12)9(7)16-10-13-1-2-14-10/h3-4H,1-2H2,(H2,13,14,16). The Morgan fingerprint density at radius 2 is 2.12 bits per heavy atom. The van der Waals surface area contributed by atoms with Crippen molar-refractivity contribution in [2.24, 2.45) is 9.98 Å². The number of guanidine groups is 1. The molecule has 0 fully saturated rings. The Morgan fingerprint density at radius 3 is 2.65 bits per heavy atom. The molecule has 0 saturated carbocycles. The zero-order valence-electron chi connectivity index (χ0n) is 8.63. The number of hydrogen-bond acceptors (Lipinski definition) is 5. The van der Waals surface area contributed by atoms with Gasteiger partial charge in [-0.3, -0.25) is 4.99 Å². The van der Waals surface area contributed by atoms with Crippen molar-refractivity contribution in [3.8, 4) is 0 Å². The molecule has 0 amide bonds. The van der Waals surface area contributed by atoms with Crippen molar-refractivity contribution in [1.29, 1.82) is 0 Å². The van der Waals surface area contributed by atoms with Gasteiger partial charge in [-0.25, -0.2) is 0 Å². The van der Waals surface area contributed by atoms with E-state index in [-0.39, 0.29) is 0 Å². The quantitative estimate of drug-likeness (QED) is 0.649. The van der Waals surface area contributed by atoms with Crippen LogP contribution in [0.3, 0.4) is 0 Å². The lowest BCUT2D eigenvalue weighted by Crippen LogP contribution is -2.26. The summed E-state index contributed by atoms with van der Waals surface area (Å²) in [4.78, 5) is 8.02. The van der Waals surface area contributed by atoms with Crippen LogP contribution < -0.4 is 10.6 Å². The van der Waals surface area contributed by atoms with E-state index in [0.29, 0.717) is 27.4 Å². The molecule has 2 N–H and O–H groups in total. The topological polar surface area (TPSA) is 48.8 Å². The van der Waals surface area contributed by atoms with Crippen LogP contribution in [0.4, 0.5) is 11.4 Å². The molecule has 0 radical (unpaired) electrons. The van der Waals surface area contributed by atoms with Gasteiger partial charge in [0, 0.05) is 6.54 Å². The largest absolute Gasteiger partial charge is 0.354 e. The van der Waals surface area contributed by atoms with E-state index in [1.54, 1.807) is 12.1 Å². The third kappa shape index (κ3) is 2.96. The third-order valence-electron chi connectivity index (χ3n) is 2.12. The zero-order valence-corrected chi connectivity index (χ0v) is 11.0. The minimum Gasteiger partial charge on any atom is -0.354 e. The first-order valence-electron chi connectivity index (χ1n) is 4.83. The van der Waals surface area contributed by atoms with Crippen LogP contribution >= 0.6 is 35.4 Å². The van der Waals surface area contributed by atoms with Crippen LogP contribution in [0.5, 0.6) is 0 Å². The summed E-state index contributed by atoms with van der Waals surface area (Å²) in [5.41, 5.74) is 1.17. The second kappa shape index (κ2) is 5.47. The molecule has 0 atom stereocenters. The van der Waals surface area contributed by atoms with Gasteiger partial charge in [0.2, 0.25) is 0 Å². The maximum atomic E-state index is 6.10. The number of benzene rings is 1. The van der Waals surface area contributed by atoms with Crippen LogP contribution in [0.1, 0.15) is 0 Å². The number of hydrogen-bond donors (Lipinski definition) is 2. The fourth-order valence-corrected chi connectivity index (χ4v) is 2.07. The number of halogens is 2. The molecule has 0 bridgehead atoms. The highest BCUT2D eigenvalue weighted by Gasteiger charge is 2.12. The Morgan fingerprint density at radius 1 is 1.41 bits per heavy atom. The molecular formula is C10H8Cl2N4S. The fraction of sp³-hybridized carbons (Fsp3) is 0.200. The van der Waals surface area contributed by atoms with Crippen LogP contribution in [-0.2, 0) is 0 Å². The molecule has 1 aromatic carbocycles. The zero-order chi connectivity index (χ0) is 12.3. The van der Waals surface area contributed by atoms with Crippen LogP contribution in [-0.4, -0.2) is 24.2 Å². The van der Waals surface area contributed by atoms with Crippen LogP contribution in [0.15, 0.2) is 22.1 Å². The van der Waals surface area contributed by atoms with Crippen LogP contribution in [0, 0.1) is 0 Å². The van der Waals surface area contributed by atoms with Crippen LogP contribution in [0.25, 0.3) is 0 Å². The summed E-state index contributed by atoms with van der Waals surface area (Å²) >= 11 is 16.7. The molecule has 0 spiro atoms. The second-order valence-corrected chi connectivity index (χ2v) is 4.27. The number of nitrogens with one attached hydrogen (secondary N) is 2. The highest BCUT2D eigenvalue weighted by Crippen LogP contribution is 2.34. The number of aliphatic imine (C=N–C) groups is 2. The van der Waals surface area contributed by atoms with Gasteiger partial charge in [0.1, 0.15) is 0 Å². The van der Waals surface area contributed by atoms with E-state index in [1.165, 1.54) is 0 Å². The van der Waals surface area contributed by atoms with Gasteiger partial charge in [-0.15, -0.1) is 0 Å². The Balaban J connectivity index is 2.30. The lowest BCUT2D eigenvalue weighted by Gasteiger charge is -2.10. The lowest BCUT2D eigenvalue weighted by atomic mass is 10.3. The number of thiocarbonyl (C=S) groups is 1. The lowest BCUT2D eigenvalue weighted by molar-refractivity contribution is 0.959. The highest BCUT2D eigenvalue weighted by molar-refractivity contribution is 7.78. The average Bonchev–Trinajstić information content (AvgIpc) is 2.76. The highest BCUT2D eigenvalue weighted by atomic mass is 35.5. The molecule has 1 heterocycles. The van der Waals surface area contributed by atoms with E-state index in [9.17, 15) is 0 Å². The van der Waals surface area contributed by atoms with Crippen LogP contribution in [0.2, 0.25) is 10.0 Å². The summed E-state index contributed by atoms with van der Waals surface area (Å²) in [5, 5.41) is 9.28. The summed E-state index contributed by atoms with van der Waals surface area (Å²) in [5.74, 6) is 0.667. The van der Waals surface area contributed by atoms with Crippen molar-refractivity contribution < 1.29 is 0 Å². The molecule has 2 rings (SSSR count). The van der Waals surface area contributed by atoms with Crippen molar-refractivity contribution in [3.05, 3.63) is 22.2 Å². The van der Waals surface area contributed by atoms with Crippen molar-refractivity contribution in [2.75, 3.05) is 18.4 Å². The van der Waals surface area contributed by atoms with Gasteiger partial charge in [-0.05, 0) is 24.4 Å². The predicted octanol–water partition coefficient (Wildman–Crippen LogP) is 3.10. The maximum absolute atomic E-state index is 6.10. The molecule has 7 heteroatoms. The van der Waals surface area contributed by atoms with Gasteiger partial charge in [0.25, 0.3) is 0 Å². The normalized spacial score (nSPS) is 13.6. The Hall–Kier alpha value is -1.13. The van der Waals surface area contributed by atoms with E-state index < -0.39 is 0 Å². The average molecular weight is 287 g/mol. The minimum atomic E-state index is 0.456. The summed E-state index contributed by atoms with van der Waals surface area (Å²) in [6.07, 6.45) is 0. The Bertz CT molecular complexity index is 500. The van der Waals surface area contributed by atoms with Gasteiger partial charge in [0.05, 0.1) is 33.1 Å². The number of rotatable bonds is 2. The minimum absolute atomic E-state index is 0.456. The first kappa shape index (κ1) is 12.3. The number of nitrogens with zero attached hydrogens (tertiary/aromatic N) is 2. The molecule has 0 saturated heterocycles. The van der Waals surface area contributed by atoms with E-state index in [4.69, 9.17) is 23.2 Å². The second-order valence-electron chi connectivity index (χ2n) is 3.27. The summed E-state index contributed by atoms with van der Waals surface area (Å²) in [6, 6.07) is 3.31. The van der Waals surface area contributed by atoms with Crippen molar-refractivity contribution >= 4 is 57.9 Å². The molecular weight excluding hydrogens is 279 g/mol. The molecule has 1 aliphatic rings. The molecule has 1 aliphatic heterocycles. The third-order valence-corrected chi connectivity index (χ3v) is 2.81. The molecule has 4 nitrogen and oxygen atoms in total. The molecule has 1 aromatic rings. The Labute approximate surface area is 114 Å². The van der Waals surface area contributed by atoms with E-state index in [0.717, 1.165) is 13.1 Å². The smallest absolute Gasteiger partial charge is 0.196 e. The molecule has 0 aromatic heterocycles. The molecule has 17 heavy (non-hydrogen) atoms. The first-order valence-corrected chi connectivity index (χ1v) is 5.99. The SMILES string of the molecule is S=C=Nc1cc(Cl)c(NC2=NCCN2)c(Cl)c1. The van der Waals surface area contributed by atoms with Gasteiger partial charge >= 0.3 is 0 Å². The van der Waals surface area contributed by atoms with Gasteiger partial charge < -0.3 is 10.6 Å². The van der Waals surface area contributed by atoms with Crippen molar-refractivity contribution in [1.82, 2.24) is 5.32 Å². The fourth-order valence-electron chi connectivity index (χ4n) is 1.40. The van der Waals surface area contributed by atoms with Gasteiger partial charge in [-0.1, -0.05) is 23.2 Å². The Kier molecular flexibility index (Phi) is 3.97. The maximum Gasteiger partial charge on any atom is 0.196 e. The predicted molar refractivity (Wildman–Crippen MR) is 75.1 cm³/mol. The number of anilines is 1. The first-order chi connectivity index (χ1) is 8.20. The van der Waals surface area contributed by atoms with E-state index >= 15 is 0 Å². The summed E-state index contributed by atoms with van der Waals surface area (Å²) < 4.78 is 0. The van der Waals surface area contributed by atoms with Gasteiger partial charge in [0.15, 0.2) is 5.96 Å². The van der Waals surface area contributed by atoms with Crippen molar-refractivity contribution in [2.45, 2.75) is 0 Å². The molecule has 0 unspecified atom stereocenters. The molecule has 88 valence electrons.